The maximum Gasteiger partial charge on any atom is 0.421 e. The summed E-state index contributed by atoms with van der Waals surface area (Å²) in [6.45, 7) is 19.2. The molecule has 0 amide bonds. The van der Waals surface area contributed by atoms with Crippen LogP contribution in [-0.2, 0) is 26.7 Å². The molecular weight excluding hydrogens is 698 g/mol. The summed E-state index contributed by atoms with van der Waals surface area (Å²) in [5.41, 5.74) is 2.67. The fraction of sp³-hybridized carbons (Fsp3) is 0.514. The predicted octanol–water partition coefficient (Wildman–Crippen LogP) is 6.47. The predicted molar refractivity (Wildman–Crippen MR) is 204 cm³/mol. The van der Waals surface area contributed by atoms with Crippen molar-refractivity contribution in [1.82, 2.24) is 19.6 Å². The van der Waals surface area contributed by atoms with Gasteiger partial charge in [0.15, 0.2) is 0 Å². The van der Waals surface area contributed by atoms with E-state index in [1.165, 1.54) is 52.4 Å². The van der Waals surface area contributed by atoms with E-state index in [1.807, 2.05) is 34.7 Å². The van der Waals surface area contributed by atoms with Crippen LogP contribution in [0.15, 0.2) is 71.6 Å². The molecule has 1 saturated heterocycles. The van der Waals surface area contributed by atoms with Gasteiger partial charge < -0.3 is 19.7 Å². The normalized spacial score (nSPS) is 19.5. The minimum atomic E-state index is -4.87. The number of carbonyl (C=O) groups is 1. The minimum Gasteiger partial charge on any atom is -0.495 e. The second-order valence-corrected chi connectivity index (χ2v) is 13.8. The lowest BCUT2D eigenvalue weighted by Crippen LogP contribution is -2.51. The number of allylic oxidation sites excluding steroid dienone is 1. The first-order valence-corrected chi connectivity index (χ1v) is 19.0. The van der Waals surface area contributed by atoms with E-state index in [4.69, 9.17) is 9.47 Å². The molecule has 0 saturated carbocycles. The van der Waals surface area contributed by atoms with Crippen LogP contribution in [0, 0.1) is 0 Å². The van der Waals surface area contributed by atoms with Crippen molar-refractivity contribution in [3.8, 4) is 5.75 Å². The first kappa shape index (κ1) is 46.3. The zero-order valence-electron chi connectivity index (χ0n) is 32.4. The Kier molecular flexibility index (Phi) is 18.7. The number of benzene rings is 2. The summed E-state index contributed by atoms with van der Waals surface area (Å²) in [4.78, 5) is 17.3. The van der Waals surface area contributed by atoms with Crippen molar-refractivity contribution in [2.75, 3.05) is 66.0 Å². The number of likely N-dealkylation sites (N-methyl/N-ethyl adjacent to an activating group) is 2. The van der Waals surface area contributed by atoms with Gasteiger partial charge in [0.05, 0.1) is 24.6 Å². The molecule has 1 unspecified atom stereocenters. The van der Waals surface area contributed by atoms with E-state index in [2.05, 4.69) is 39.3 Å². The number of alkyl halides is 3. The molecule has 11 nitrogen and oxygen atoms in total. The van der Waals surface area contributed by atoms with Gasteiger partial charge in [-0.1, -0.05) is 58.5 Å². The number of hydrogen-bond acceptors (Lipinski definition) is 9. The highest BCUT2D eigenvalue weighted by molar-refractivity contribution is 7.88. The van der Waals surface area contributed by atoms with E-state index in [1.54, 1.807) is 31.2 Å². The molecule has 2 atom stereocenters. The van der Waals surface area contributed by atoms with Crippen molar-refractivity contribution in [3.05, 3.63) is 83.3 Å². The van der Waals surface area contributed by atoms with Gasteiger partial charge in [-0.05, 0) is 57.3 Å². The molecule has 2 N–H and O–H groups in total. The van der Waals surface area contributed by atoms with Crippen LogP contribution in [0.2, 0.25) is 0 Å². The van der Waals surface area contributed by atoms with E-state index in [9.17, 15) is 26.4 Å². The van der Waals surface area contributed by atoms with Gasteiger partial charge in [-0.2, -0.15) is 17.5 Å². The van der Waals surface area contributed by atoms with Crippen LogP contribution in [0.4, 0.5) is 18.9 Å². The highest BCUT2D eigenvalue weighted by Crippen LogP contribution is 2.45. The molecule has 4 rings (SSSR count). The number of sulfonamides is 1. The van der Waals surface area contributed by atoms with Crippen LogP contribution in [0.3, 0.4) is 0 Å². The number of aldehydes is 1. The third-order valence-corrected chi connectivity index (χ3v) is 9.89. The van der Waals surface area contributed by atoms with Gasteiger partial charge >= 0.3 is 6.18 Å². The molecule has 1 heterocycles. The van der Waals surface area contributed by atoms with Crippen LogP contribution in [0.1, 0.15) is 63.0 Å². The number of piperazine rings is 1. The average Bonchev–Trinajstić information content (AvgIpc) is 3.40. The fourth-order valence-electron chi connectivity index (χ4n) is 5.49. The van der Waals surface area contributed by atoms with Crippen LogP contribution >= 0.6 is 0 Å². The molecule has 2 aliphatic rings. The zero-order chi connectivity index (χ0) is 39.9. The van der Waals surface area contributed by atoms with Gasteiger partial charge in [0.2, 0.25) is 10.0 Å². The van der Waals surface area contributed by atoms with E-state index >= 15 is 0 Å². The number of halogens is 3. The number of amidine groups is 1. The number of nitrogens with zero attached hydrogens (tertiary/aromatic N) is 4. The number of aliphatic imine (C=N–C) groups is 1. The molecule has 2 aromatic rings. The number of hydrazine groups is 1. The van der Waals surface area contributed by atoms with Gasteiger partial charge in [-0.3, -0.25) is 10.2 Å². The lowest BCUT2D eigenvalue weighted by molar-refractivity contribution is -0.0979. The number of fused-ring (bicyclic) bond motifs is 1. The molecule has 292 valence electrons. The Hall–Kier alpha value is -3.76. The Morgan fingerprint density at radius 3 is 2.21 bits per heavy atom. The third kappa shape index (κ3) is 12.4. The number of rotatable bonds is 10. The van der Waals surface area contributed by atoms with Crippen molar-refractivity contribution < 1.29 is 35.9 Å². The third-order valence-electron chi connectivity index (χ3n) is 8.52. The van der Waals surface area contributed by atoms with Crippen LogP contribution < -0.4 is 15.5 Å². The molecule has 52 heavy (non-hydrogen) atoms. The monoisotopic (exact) mass is 754 g/mol. The first-order chi connectivity index (χ1) is 24.4. The van der Waals surface area contributed by atoms with E-state index in [0.717, 1.165) is 29.2 Å². The van der Waals surface area contributed by atoms with Crippen LogP contribution in [-0.4, -0.2) is 108 Å². The summed E-state index contributed by atoms with van der Waals surface area (Å²) >= 11 is 0. The zero-order valence-corrected chi connectivity index (χ0v) is 33.2. The number of nitrogens with one attached hydrogen (secondary N) is 2. The second kappa shape index (κ2) is 21.1. The largest absolute Gasteiger partial charge is 0.495 e. The number of hydrogen-bond donors (Lipinski definition) is 2. The summed E-state index contributed by atoms with van der Waals surface area (Å²) in [6.07, 6.45) is -3.47. The Balaban J connectivity index is 0.000000885. The standard InChI is InChI=1S/C27H30F3N3O5S.C6H15N3.2C2H6/c1-17(38-25-14-20-9-7-8-10-21(20)26(25,3)33(4)39(6,35)36)22(27(28,29)30)15-31-18(2)32-23-13-19(16-34)11-12-24(23)37-5;1-7-9-5-3-8(2)4-6-9;2*1-2/h7-13,15-16,25H,1,14H2,2-6H3,(H,31,32);7H,3-6H2,1-2H3;2*1-2H3/b22-15+;;;/t25?,26-;;;/m0.../s1. The lowest BCUT2D eigenvalue weighted by Gasteiger charge is -2.39. The molecule has 0 bridgehead atoms. The van der Waals surface area contributed by atoms with Crippen molar-refractivity contribution in [1.29, 1.82) is 0 Å². The molecule has 1 aliphatic carbocycles. The summed E-state index contributed by atoms with van der Waals surface area (Å²) in [5, 5.41) is 5.06. The highest BCUT2D eigenvalue weighted by Gasteiger charge is 2.51. The SMILES string of the molecule is C=C(OC1Cc2ccccc2[C@]1(C)N(C)S(C)(=O)=O)/C(=C\N=C(C)Nc1cc(C=O)ccc1OC)C(F)(F)F.CC.CC.CNN1CCN(C)CC1. The molecule has 1 fully saturated rings. The molecule has 15 heteroatoms. The molecule has 2 aromatic carbocycles. The van der Waals surface area contributed by atoms with Gasteiger partial charge in [-0.15, -0.1) is 0 Å². The topological polar surface area (TPSA) is 116 Å². The second-order valence-electron chi connectivity index (χ2n) is 11.7. The summed E-state index contributed by atoms with van der Waals surface area (Å²) in [7, 11) is 3.17. The Morgan fingerprint density at radius 2 is 1.69 bits per heavy atom. The molecule has 0 radical (unpaired) electrons. The van der Waals surface area contributed by atoms with E-state index < -0.39 is 39.2 Å². The Bertz CT molecular complexity index is 1630. The summed E-state index contributed by atoms with van der Waals surface area (Å²) in [5.74, 6) is -0.274. The van der Waals surface area contributed by atoms with Crippen molar-refractivity contribution in [2.45, 2.75) is 65.8 Å². The fourth-order valence-corrected chi connectivity index (χ4v) is 6.40. The lowest BCUT2D eigenvalue weighted by atomic mass is 9.92. The van der Waals surface area contributed by atoms with Gasteiger partial charge in [0.1, 0.15) is 35.3 Å². The van der Waals surface area contributed by atoms with Gasteiger partial charge in [-0.25, -0.2) is 18.4 Å². The van der Waals surface area contributed by atoms with E-state index in [-0.39, 0.29) is 12.3 Å². The average molecular weight is 755 g/mol. The minimum absolute atomic E-state index is 0.0702. The number of methoxy groups -OCH3 is 1. The van der Waals surface area contributed by atoms with E-state index in [0.29, 0.717) is 35.0 Å². The maximum absolute atomic E-state index is 14.1. The first-order valence-electron chi connectivity index (χ1n) is 17.2. The quantitative estimate of drug-likeness (QED) is 0.0927. The summed E-state index contributed by atoms with van der Waals surface area (Å²) < 4.78 is 79.3. The van der Waals surface area contributed by atoms with Gasteiger partial charge in [0.25, 0.3) is 0 Å². The summed E-state index contributed by atoms with van der Waals surface area (Å²) in [6, 6.07) is 11.6. The van der Waals surface area contributed by atoms with Crippen LogP contribution in [0.5, 0.6) is 5.75 Å². The maximum atomic E-state index is 14.1. The Labute approximate surface area is 308 Å². The highest BCUT2D eigenvalue weighted by atomic mass is 32.2. The number of ether oxygens (including phenoxy) is 2. The van der Waals surface area contributed by atoms with Gasteiger partial charge in [0, 0.05) is 51.4 Å². The van der Waals surface area contributed by atoms with Crippen molar-refractivity contribution >= 4 is 27.8 Å². The Morgan fingerprint density at radius 1 is 1.10 bits per heavy atom. The molecule has 0 aromatic heterocycles. The molecular formula is C37H57F3N6O5S. The number of carbonyl (C=O) groups excluding carboxylic acids is 1. The molecule has 0 spiro atoms. The van der Waals surface area contributed by atoms with Crippen molar-refractivity contribution in [3.63, 3.8) is 0 Å². The number of anilines is 1. The molecule has 1 aliphatic heterocycles. The van der Waals surface area contributed by atoms with Crippen LogP contribution in [0.25, 0.3) is 0 Å². The smallest absolute Gasteiger partial charge is 0.421 e. The van der Waals surface area contributed by atoms with Crippen molar-refractivity contribution in [2.24, 2.45) is 4.99 Å².